The standard InChI is InChI=1S/C16H26N2/c1-5-10-17-16-14-9-7-6-8-13(14)11-15(16)18(4)12(2)3/h6-9,12,15-17H,5,10-11H2,1-4H3. The normalized spacial score (nSPS) is 22.8. The van der Waals surface area contributed by atoms with Crippen LogP contribution in [0.1, 0.15) is 44.4 Å². The lowest BCUT2D eigenvalue weighted by molar-refractivity contribution is 0.165. The molecule has 18 heavy (non-hydrogen) atoms. The van der Waals surface area contributed by atoms with Crippen LogP contribution < -0.4 is 5.32 Å². The first kappa shape index (κ1) is 13.6. The van der Waals surface area contributed by atoms with Gasteiger partial charge in [-0.3, -0.25) is 4.90 Å². The van der Waals surface area contributed by atoms with Crippen LogP contribution in [0, 0.1) is 0 Å². The van der Waals surface area contributed by atoms with E-state index in [0.29, 0.717) is 18.1 Å². The SMILES string of the molecule is CCCNC1c2ccccc2CC1N(C)C(C)C. The highest BCUT2D eigenvalue weighted by Gasteiger charge is 2.34. The van der Waals surface area contributed by atoms with Gasteiger partial charge in [0.2, 0.25) is 0 Å². The van der Waals surface area contributed by atoms with Gasteiger partial charge < -0.3 is 5.32 Å². The number of hydrogen-bond acceptors (Lipinski definition) is 2. The van der Waals surface area contributed by atoms with Crippen LogP contribution in [-0.4, -0.2) is 30.6 Å². The largest absolute Gasteiger partial charge is 0.309 e. The zero-order chi connectivity index (χ0) is 13.1. The van der Waals surface area contributed by atoms with E-state index < -0.39 is 0 Å². The highest BCUT2D eigenvalue weighted by Crippen LogP contribution is 2.34. The van der Waals surface area contributed by atoms with Gasteiger partial charge in [0.1, 0.15) is 0 Å². The highest BCUT2D eigenvalue weighted by atomic mass is 15.2. The van der Waals surface area contributed by atoms with Crippen molar-refractivity contribution in [2.75, 3.05) is 13.6 Å². The Labute approximate surface area is 111 Å². The molecule has 0 heterocycles. The summed E-state index contributed by atoms with van der Waals surface area (Å²) >= 11 is 0. The average Bonchev–Trinajstić information content (AvgIpc) is 2.73. The van der Waals surface area contributed by atoms with Crippen molar-refractivity contribution in [3.63, 3.8) is 0 Å². The molecule has 1 aromatic carbocycles. The molecular weight excluding hydrogens is 220 g/mol. The Bertz CT molecular complexity index is 386. The van der Waals surface area contributed by atoms with Crippen LogP contribution in [0.25, 0.3) is 0 Å². The van der Waals surface area contributed by atoms with Gasteiger partial charge in [0.15, 0.2) is 0 Å². The van der Waals surface area contributed by atoms with E-state index in [4.69, 9.17) is 0 Å². The summed E-state index contributed by atoms with van der Waals surface area (Å²) in [5.41, 5.74) is 3.02. The Hall–Kier alpha value is -0.860. The molecule has 100 valence electrons. The maximum atomic E-state index is 3.73. The molecule has 0 bridgehead atoms. The molecule has 1 N–H and O–H groups in total. The molecule has 0 aromatic heterocycles. The number of nitrogens with one attached hydrogen (secondary N) is 1. The Kier molecular flexibility index (Phi) is 4.41. The highest BCUT2D eigenvalue weighted by molar-refractivity contribution is 5.37. The minimum absolute atomic E-state index is 0.494. The van der Waals surface area contributed by atoms with Crippen LogP contribution in [0.4, 0.5) is 0 Å². The van der Waals surface area contributed by atoms with Crippen LogP contribution in [-0.2, 0) is 6.42 Å². The molecule has 1 aliphatic rings. The maximum absolute atomic E-state index is 3.73. The third kappa shape index (κ3) is 2.60. The molecule has 2 rings (SSSR count). The van der Waals surface area contributed by atoms with E-state index in [9.17, 15) is 0 Å². The molecule has 1 aliphatic carbocycles. The molecule has 0 spiro atoms. The zero-order valence-corrected chi connectivity index (χ0v) is 12.1. The van der Waals surface area contributed by atoms with E-state index in [1.165, 1.54) is 24.0 Å². The van der Waals surface area contributed by atoms with Crippen LogP contribution in [0.3, 0.4) is 0 Å². The van der Waals surface area contributed by atoms with Gasteiger partial charge in [-0.1, -0.05) is 31.2 Å². The summed E-state index contributed by atoms with van der Waals surface area (Å²) in [6.45, 7) is 7.89. The van der Waals surface area contributed by atoms with Gasteiger partial charge in [-0.25, -0.2) is 0 Å². The summed E-state index contributed by atoms with van der Waals surface area (Å²) in [6, 6.07) is 10.6. The first-order valence-corrected chi connectivity index (χ1v) is 7.18. The summed E-state index contributed by atoms with van der Waals surface area (Å²) in [7, 11) is 2.25. The van der Waals surface area contributed by atoms with Crippen molar-refractivity contribution in [2.24, 2.45) is 0 Å². The summed E-state index contributed by atoms with van der Waals surface area (Å²) in [4.78, 5) is 2.51. The minimum Gasteiger partial charge on any atom is -0.309 e. The van der Waals surface area contributed by atoms with Crippen LogP contribution >= 0.6 is 0 Å². The molecule has 0 fully saturated rings. The molecule has 2 heteroatoms. The third-order valence-corrected chi connectivity index (χ3v) is 4.16. The van der Waals surface area contributed by atoms with Crippen LogP contribution in [0.5, 0.6) is 0 Å². The molecule has 0 radical (unpaired) electrons. The van der Waals surface area contributed by atoms with Crippen molar-refractivity contribution in [2.45, 2.75) is 51.7 Å². The molecule has 2 nitrogen and oxygen atoms in total. The van der Waals surface area contributed by atoms with Crippen LogP contribution in [0.15, 0.2) is 24.3 Å². The van der Waals surface area contributed by atoms with Crippen molar-refractivity contribution >= 4 is 0 Å². The number of nitrogens with zero attached hydrogens (tertiary/aromatic N) is 1. The smallest absolute Gasteiger partial charge is 0.0484 e. The second kappa shape index (κ2) is 5.85. The van der Waals surface area contributed by atoms with Gasteiger partial charge in [-0.15, -0.1) is 0 Å². The summed E-state index contributed by atoms with van der Waals surface area (Å²) < 4.78 is 0. The molecule has 1 aromatic rings. The van der Waals surface area contributed by atoms with Gasteiger partial charge >= 0.3 is 0 Å². The predicted octanol–water partition coefficient (Wildman–Crippen LogP) is 2.99. The molecular formula is C16H26N2. The predicted molar refractivity (Wildman–Crippen MR) is 77.9 cm³/mol. The number of hydrogen-bond donors (Lipinski definition) is 1. The zero-order valence-electron chi connectivity index (χ0n) is 12.1. The van der Waals surface area contributed by atoms with Crippen molar-refractivity contribution in [1.29, 1.82) is 0 Å². The Balaban J connectivity index is 2.22. The Morgan fingerprint density at radius 2 is 2.06 bits per heavy atom. The van der Waals surface area contributed by atoms with E-state index >= 15 is 0 Å². The lowest BCUT2D eigenvalue weighted by Gasteiger charge is -2.33. The lowest BCUT2D eigenvalue weighted by Crippen LogP contribution is -2.44. The van der Waals surface area contributed by atoms with Crippen molar-refractivity contribution in [3.05, 3.63) is 35.4 Å². The van der Waals surface area contributed by atoms with Gasteiger partial charge in [-0.05, 0) is 51.4 Å². The van der Waals surface area contributed by atoms with Gasteiger partial charge in [0, 0.05) is 18.1 Å². The van der Waals surface area contributed by atoms with E-state index in [-0.39, 0.29) is 0 Å². The number of benzene rings is 1. The summed E-state index contributed by atoms with van der Waals surface area (Å²) in [5.74, 6) is 0. The van der Waals surface area contributed by atoms with Crippen LogP contribution in [0.2, 0.25) is 0 Å². The second-order valence-corrected chi connectivity index (χ2v) is 5.66. The fraction of sp³-hybridized carbons (Fsp3) is 0.625. The molecule has 2 atom stereocenters. The van der Waals surface area contributed by atoms with Gasteiger partial charge in [0.25, 0.3) is 0 Å². The molecule has 2 unspecified atom stereocenters. The number of rotatable bonds is 5. The lowest BCUT2D eigenvalue weighted by atomic mass is 10.1. The summed E-state index contributed by atoms with van der Waals surface area (Å²) in [5, 5.41) is 3.73. The second-order valence-electron chi connectivity index (χ2n) is 5.66. The third-order valence-electron chi connectivity index (χ3n) is 4.16. The fourth-order valence-corrected chi connectivity index (χ4v) is 2.88. The average molecular weight is 246 g/mol. The van der Waals surface area contributed by atoms with Crippen molar-refractivity contribution < 1.29 is 0 Å². The number of fused-ring (bicyclic) bond motifs is 1. The molecule has 0 aliphatic heterocycles. The topological polar surface area (TPSA) is 15.3 Å². The van der Waals surface area contributed by atoms with E-state index in [1.807, 2.05) is 0 Å². The molecule has 0 saturated carbocycles. The first-order chi connectivity index (χ1) is 8.65. The Morgan fingerprint density at radius 1 is 1.33 bits per heavy atom. The first-order valence-electron chi connectivity index (χ1n) is 7.18. The monoisotopic (exact) mass is 246 g/mol. The molecule has 0 saturated heterocycles. The van der Waals surface area contributed by atoms with Gasteiger partial charge in [-0.2, -0.15) is 0 Å². The van der Waals surface area contributed by atoms with E-state index in [0.717, 1.165) is 6.54 Å². The minimum atomic E-state index is 0.494. The number of likely N-dealkylation sites (N-methyl/N-ethyl adjacent to an activating group) is 1. The molecule has 0 amide bonds. The van der Waals surface area contributed by atoms with E-state index in [2.05, 4.69) is 62.3 Å². The summed E-state index contributed by atoms with van der Waals surface area (Å²) in [6.07, 6.45) is 2.36. The van der Waals surface area contributed by atoms with Crippen molar-refractivity contribution in [3.8, 4) is 0 Å². The quantitative estimate of drug-likeness (QED) is 0.859. The van der Waals surface area contributed by atoms with Crippen molar-refractivity contribution in [1.82, 2.24) is 10.2 Å². The fourth-order valence-electron chi connectivity index (χ4n) is 2.88. The Morgan fingerprint density at radius 3 is 2.72 bits per heavy atom. The maximum Gasteiger partial charge on any atom is 0.0484 e. The van der Waals surface area contributed by atoms with E-state index in [1.54, 1.807) is 0 Å². The van der Waals surface area contributed by atoms with Gasteiger partial charge in [0.05, 0.1) is 0 Å².